The van der Waals surface area contributed by atoms with Crippen LogP contribution in [0.3, 0.4) is 0 Å². The zero-order valence-corrected chi connectivity index (χ0v) is 10.3. The minimum absolute atomic E-state index is 0.693. The molecule has 5 heteroatoms. The molecule has 2 aromatic heterocycles. The molecular weight excluding hydrogens is 232 g/mol. The molecule has 0 bridgehead atoms. The van der Waals surface area contributed by atoms with Crippen molar-refractivity contribution in [3.63, 3.8) is 0 Å². The van der Waals surface area contributed by atoms with Gasteiger partial charge in [-0.2, -0.15) is 0 Å². The van der Waals surface area contributed by atoms with E-state index in [-0.39, 0.29) is 0 Å². The van der Waals surface area contributed by atoms with Crippen LogP contribution in [0.25, 0.3) is 10.6 Å². The summed E-state index contributed by atoms with van der Waals surface area (Å²) in [5.74, 6) is 0.693. The lowest BCUT2D eigenvalue weighted by molar-refractivity contribution is 0.571. The molecule has 1 aliphatic heterocycles. The fourth-order valence-electron chi connectivity index (χ4n) is 2.22. The Morgan fingerprint density at radius 1 is 1.35 bits per heavy atom. The van der Waals surface area contributed by atoms with Gasteiger partial charge in [-0.1, -0.05) is 0 Å². The van der Waals surface area contributed by atoms with Crippen molar-refractivity contribution in [1.82, 2.24) is 20.3 Å². The van der Waals surface area contributed by atoms with Crippen molar-refractivity contribution < 1.29 is 0 Å². The Morgan fingerprint density at radius 2 is 2.29 bits per heavy atom. The first kappa shape index (κ1) is 10.8. The van der Waals surface area contributed by atoms with E-state index in [2.05, 4.69) is 20.3 Å². The van der Waals surface area contributed by atoms with Gasteiger partial charge in [-0.25, -0.2) is 0 Å². The Hall–Kier alpha value is -1.33. The maximum atomic E-state index is 4.49. The van der Waals surface area contributed by atoms with Gasteiger partial charge in [-0.3, -0.25) is 15.0 Å². The molecule has 1 N–H and O–H groups in total. The molecule has 17 heavy (non-hydrogen) atoms. The quantitative estimate of drug-likeness (QED) is 0.896. The molecule has 0 aliphatic carbocycles. The van der Waals surface area contributed by atoms with Crippen LogP contribution in [0.1, 0.15) is 12.1 Å². The lowest BCUT2D eigenvalue weighted by Crippen LogP contribution is -2.12. The molecule has 88 valence electrons. The molecule has 4 nitrogen and oxygen atoms in total. The minimum atomic E-state index is 0.693. The molecule has 0 radical (unpaired) electrons. The Labute approximate surface area is 104 Å². The lowest BCUT2D eigenvalue weighted by Gasteiger charge is -2.09. The number of nitrogens with one attached hydrogen (secondary N) is 1. The highest BCUT2D eigenvalue weighted by Gasteiger charge is 2.18. The summed E-state index contributed by atoms with van der Waals surface area (Å²) in [6, 6.07) is 0. The van der Waals surface area contributed by atoms with E-state index in [0.29, 0.717) is 5.92 Å². The van der Waals surface area contributed by atoms with E-state index in [9.17, 15) is 0 Å². The Bertz CT molecular complexity index is 477. The number of thiazole rings is 1. The van der Waals surface area contributed by atoms with Crippen molar-refractivity contribution in [2.45, 2.75) is 12.8 Å². The van der Waals surface area contributed by atoms with Gasteiger partial charge in [0.1, 0.15) is 5.69 Å². The first-order chi connectivity index (χ1) is 8.43. The lowest BCUT2D eigenvalue weighted by atomic mass is 10.0. The average molecular weight is 246 g/mol. The van der Waals surface area contributed by atoms with E-state index in [4.69, 9.17) is 0 Å². The summed E-state index contributed by atoms with van der Waals surface area (Å²) < 4.78 is 0. The van der Waals surface area contributed by atoms with E-state index in [1.807, 2.05) is 11.7 Å². The number of hydrogen-bond acceptors (Lipinski definition) is 5. The van der Waals surface area contributed by atoms with Gasteiger partial charge in [0.2, 0.25) is 0 Å². The summed E-state index contributed by atoms with van der Waals surface area (Å²) in [4.78, 5) is 14.2. The second kappa shape index (κ2) is 4.89. The summed E-state index contributed by atoms with van der Waals surface area (Å²) in [7, 11) is 0. The van der Waals surface area contributed by atoms with Crippen LogP contribution in [-0.2, 0) is 6.42 Å². The van der Waals surface area contributed by atoms with Crippen LogP contribution >= 0.6 is 11.3 Å². The smallest absolute Gasteiger partial charge is 0.103 e. The third-order valence-electron chi connectivity index (χ3n) is 3.08. The van der Waals surface area contributed by atoms with Gasteiger partial charge in [0.15, 0.2) is 0 Å². The molecule has 1 saturated heterocycles. The van der Waals surface area contributed by atoms with Gasteiger partial charge in [-0.05, 0) is 31.8 Å². The zero-order valence-electron chi connectivity index (χ0n) is 9.47. The first-order valence-electron chi connectivity index (χ1n) is 5.83. The highest BCUT2D eigenvalue weighted by molar-refractivity contribution is 7.13. The summed E-state index contributed by atoms with van der Waals surface area (Å²) in [6.45, 7) is 2.22. The normalized spacial score (nSPS) is 19.6. The van der Waals surface area contributed by atoms with Crippen molar-refractivity contribution in [3.05, 3.63) is 29.8 Å². The highest BCUT2D eigenvalue weighted by Crippen LogP contribution is 2.26. The van der Waals surface area contributed by atoms with Gasteiger partial charge in [0.05, 0.1) is 16.1 Å². The third-order valence-corrected chi connectivity index (χ3v) is 3.86. The summed E-state index contributed by atoms with van der Waals surface area (Å²) in [5.41, 5.74) is 3.94. The van der Waals surface area contributed by atoms with Crippen LogP contribution in [0.5, 0.6) is 0 Å². The topological polar surface area (TPSA) is 50.7 Å². The molecule has 0 aromatic carbocycles. The number of nitrogens with zero attached hydrogens (tertiary/aromatic N) is 3. The predicted molar refractivity (Wildman–Crippen MR) is 67.8 cm³/mol. The van der Waals surface area contributed by atoms with Crippen molar-refractivity contribution in [2.24, 2.45) is 5.92 Å². The Balaban J connectivity index is 1.88. The second-order valence-electron chi connectivity index (χ2n) is 4.28. The fourth-order valence-corrected chi connectivity index (χ4v) is 2.86. The second-order valence-corrected chi connectivity index (χ2v) is 5.17. The van der Waals surface area contributed by atoms with E-state index in [1.165, 1.54) is 6.42 Å². The molecule has 3 heterocycles. The van der Waals surface area contributed by atoms with Gasteiger partial charge in [0.25, 0.3) is 0 Å². The molecular formula is C12H14N4S. The van der Waals surface area contributed by atoms with Gasteiger partial charge >= 0.3 is 0 Å². The van der Waals surface area contributed by atoms with E-state index >= 15 is 0 Å². The fraction of sp³-hybridized carbons (Fsp3) is 0.417. The summed E-state index contributed by atoms with van der Waals surface area (Å²) >= 11 is 1.62. The van der Waals surface area contributed by atoms with Crippen LogP contribution in [-0.4, -0.2) is 28.0 Å². The average Bonchev–Trinajstić information content (AvgIpc) is 3.01. The Kier molecular flexibility index (Phi) is 3.11. The summed E-state index contributed by atoms with van der Waals surface area (Å²) in [6.07, 6.45) is 7.64. The molecule has 1 aliphatic rings. The van der Waals surface area contributed by atoms with Crippen molar-refractivity contribution in [1.29, 1.82) is 0 Å². The van der Waals surface area contributed by atoms with Crippen molar-refractivity contribution in [3.8, 4) is 10.6 Å². The standard InChI is InChI=1S/C12H14N4S/c1-2-13-6-9(1)5-10-12(16-4-3-15-10)11-7-14-8-17-11/h3-4,7-9,13H,1-2,5-6H2. The summed E-state index contributed by atoms with van der Waals surface area (Å²) in [5, 5.41) is 3.39. The van der Waals surface area contributed by atoms with E-state index < -0.39 is 0 Å². The van der Waals surface area contributed by atoms with Crippen LogP contribution in [0.15, 0.2) is 24.1 Å². The zero-order chi connectivity index (χ0) is 11.5. The maximum absolute atomic E-state index is 4.49. The third kappa shape index (κ3) is 2.35. The van der Waals surface area contributed by atoms with Crippen LogP contribution in [0.2, 0.25) is 0 Å². The largest absolute Gasteiger partial charge is 0.316 e. The monoisotopic (exact) mass is 246 g/mol. The Morgan fingerprint density at radius 3 is 3.06 bits per heavy atom. The van der Waals surface area contributed by atoms with Crippen molar-refractivity contribution >= 4 is 11.3 Å². The molecule has 0 saturated carbocycles. The number of aromatic nitrogens is 3. The molecule has 0 amide bonds. The molecule has 3 rings (SSSR count). The molecule has 1 unspecified atom stereocenters. The predicted octanol–water partition coefficient (Wildman–Crippen LogP) is 1.75. The molecule has 0 spiro atoms. The van der Waals surface area contributed by atoms with Gasteiger partial charge in [0, 0.05) is 18.6 Å². The van der Waals surface area contributed by atoms with E-state index in [0.717, 1.165) is 35.8 Å². The molecule has 1 atom stereocenters. The van der Waals surface area contributed by atoms with Crippen LogP contribution < -0.4 is 5.32 Å². The van der Waals surface area contributed by atoms with Crippen LogP contribution in [0.4, 0.5) is 0 Å². The number of hydrogen-bond donors (Lipinski definition) is 1. The first-order valence-corrected chi connectivity index (χ1v) is 6.71. The molecule has 1 fully saturated rings. The van der Waals surface area contributed by atoms with Gasteiger partial charge in [-0.15, -0.1) is 11.3 Å². The van der Waals surface area contributed by atoms with E-state index in [1.54, 1.807) is 23.7 Å². The minimum Gasteiger partial charge on any atom is -0.316 e. The molecule has 2 aromatic rings. The van der Waals surface area contributed by atoms with Gasteiger partial charge < -0.3 is 5.32 Å². The van der Waals surface area contributed by atoms with Crippen LogP contribution in [0, 0.1) is 5.92 Å². The maximum Gasteiger partial charge on any atom is 0.103 e. The number of rotatable bonds is 3. The highest BCUT2D eigenvalue weighted by atomic mass is 32.1. The van der Waals surface area contributed by atoms with Crippen molar-refractivity contribution in [2.75, 3.05) is 13.1 Å². The SMILES string of the molecule is c1cnc(-c2cncs2)c(CC2CCNC2)n1.